The number of nitrogens with one attached hydrogen (secondary N) is 1. The van der Waals surface area contributed by atoms with Gasteiger partial charge in [-0.3, -0.25) is 9.69 Å². The normalized spacial score (nSPS) is 17.9. The van der Waals surface area contributed by atoms with Gasteiger partial charge in [0.15, 0.2) is 0 Å². The third-order valence-corrected chi connectivity index (χ3v) is 8.30. The molecule has 1 N–H and O–H groups in total. The van der Waals surface area contributed by atoms with Crippen LogP contribution < -0.4 is 5.32 Å². The van der Waals surface area contributed by atoms with Gasteiger partial charge in [-0.1, -0.05) is 24.3 Å². The molecule has 166 valence electrons. The number of fused-ring (bicyclic) bond motifs is 1. The fraction of sp³-hybridized carbons (Fsp3) is 0.458. The molecule has 1 heterocycles. The van der Waals surface area contributed by atoms with Crippen LogP contribution in [0.1, 0.15) is 35.1 Å². The standard InChI is InChI=1S/C24H31N3O3S/c1-18-6-5-7-19(2)24(18)25-23(28)17-26-12-14-27(15-13-26)31(29,30)22-11-10-20-8-3-4-9-21(20)16-22/h5-7,10-11,16H,3-4,8-9,12-15,17H2,1-2H3,(H,25,28). The topological polar surface area (TPSA) is 69.7 Å². The van der Waals surface area contributed by atoms with Crippen LogP contribution in [0.15, 0.2) is 41.3 Å². The molecule has 1 aliphatic heterocycles. The van der Waals surface area contributed by atoms with E-state index in [1.165, 1.54) is 17.5 Å². The number of sulfonamides is 1. The van der Waals surface area contributed by atoms with Crippen LogP contribution in [0.25, 0.3) is 0 Å². The van der Waals surface area contributed by atoms with Gasteiger partial charge in [0.05, 0.1) is 11.4 Å². The van der Waals surface area contributed by atoms with E-state index in [0.29, 0.717) is 31.1 Å². The lowest BCUT2D eigenvalue weighted by Gasteiger charge is -2.33. The van der Waals surface area contributed by atoms with Crippen LogP contribution in [0.4, 0.5) is 5.69 Å². The van der Waals surface area contributed by atoms with Gasteiger partial charge in [0.25, 0.3) is 0 Å². The second-order valence-corrected chi connectivity index (χ2v) is 10.6. The lowest BCUT2D eigenvalue weighted by atomic mass is 9.92. The molecule has 0 unspecified atom stereocenters. The van der Waals surface area contributed by atoms with Gasteiger partial charge in [-0.25, -0.2) is 8.42 Å². The van der Waals surface area contributed by atoms with Crippen LogP contribution in [0.2, 0.25) is 0 Å². The Morgan fingerprint density at radius 1 is 0.935 bits per heavy atom. The van der Waals surface area contributed by atoms with Gasteiger partial charge in [-0.05, 0) is 73.9 Å². The molecule has 0 spiro atoms. The van der Waals surface area contributed by atoms with E-state index in [9.17, 15) is 13.2 Å². The Bertz CT molecular complexity index is 1050. The summed E-state index contributed by atoms with van der Waals surface area (Å²) in [6, 6.07) is 11.5. The predicted octanol–water partition coefficient (Wildman–Crippen LogP) is 3.13. The number of nitrogens with zero attached hydrogens (tertiary/aromatic N) is 2. The molecule has 6 nitrogen and oxygen atoms in total. The highest BCUT2D eigenvalue weighted by molar-refractivity contribution is 7.89. The Hall–Kier alpha value is -2.22. The zero-order valence-corrected chi connectivity index (χ0v) is 19.2. The molecule has 0 saturated carbocycles. The smallest absolute Gasteiger partial charge is 0.243 e. The molecule has 0 bridgehead atoms. The van der Waals surface area contributed by atoms with E-state index in [1.807, 2.05) is 49.1 Å². The summed E-state index contributed by atoms with van der Waals surface area (Å²) in [6.07, 6.45) is 4.30. The average Bonchev–Trinajstić information content (AvgIpc) is 2.76. The Labute approximate surface area is 185 Å². The Morgan fingerprint density at radius 2 is 1.58 bits per heavy atom. The first-order valence-electron chi connectivity index (χ1n) is 11.0. The minimum atomic E-state index is -3.50. The average molecular weight is 442 g/mol. The molecule has 1 fully saturated rings. The second kappa shape index (κ2) is 9.10. The summed E-state index contributed by atoms with van der Waals surface area (Å²) in [5, 5.41) is 3.01. The van der Waals surface area contributed by atoms with E-state index in [1.54, 1.807) is 10.4 Å². The van der Waals surface area contributed by atoms with Gasteiger partial charge in [0, 0.05) is 31.9 Å². The van der Waals surface area contributed by atoms with E-state index < -0.39 is 10.0 Å². The highest BCUT2D eigenvalue weighted by Gasteiger charge is 2.29. The number of aryl methyl sites for hydroxylation is 4. The van der Waals surface area contributed by atoms with Crippen LogP contribution in [0.5, 0.6) is 0 Å². The highest BCUT2D eigenvalue weighted by Crippen LogP contribution is 2.26. The number of benzene rings is 2. The number of piperazine rings is 1. The SMILES string of the molecule is Cc1cccc(C)c1NC(=O)CN1CCN(S(=O)(=O)c2ccc3c(c2)CCCC3)CC1. The van der Waals surface area contributed by atoms with E-state index in [0.717, 1.165) is 36.1 Å². The first kappa shape index (κ1) is 22.0. The quantitative estimate of drug-likeness (QED) is 0.774. The summed E-state index contributed by atoms with van der Waals surface area (Å²) in [5.41, 5.74) is 5.39. The lowest BCUT2D eigenvalue weighted by molar-refractivity contribution is -0.117. The molecule has 1 aliphatic carbocycles. The summed E-state index contributed by atoms with van der Waals surface area (Å²) in [7, 11) is -3.50. The molecule has 1 amide bonds. The summed E-state index contributed by atoms with van der Waals surface area (Å²) >= 11 is 0. The lowest BCUT2D eigenvalue weighted by Crippen LogP contribution is -2.50. The van der Waals surface area contributed by atoms with Gasteiger partial charge in [0.1, 0.15) is 0 Å². The molecule has 7 heteroatoms. The number of carbonyl (C=O) groups excluding carboxylic acids is 1. The van der Waals surface area contributed by atoms with Crippen LogP contribution in [0, 0.1) is 13.8 Å². The molecule has 2 aromatic carbocycles. The van der Waals surface area contributed by atoms with Crippen LogP contribution in [0.3, 0.4) is 0 Å². The van der Waals surface area contributed by atoms with Gasteiger partial charge in [-0.2, -0.15) is 4.31 Å². The number of amides is 1. The number of anilines is 1. The molecule has 2 aliphatic rings. The predicted molar refractivity (Wildman–Crippen MR) is 123 cm³/mol. The van der Waals surface area contributed by atoms with Crippen LogP contribution in [-0.2, 0) is 27.7 Å². The number of para-hydroxylation sites is 1. The molecule has 31 heavy (non-hydrogen) atoms. The first-order valence-corrected chi connectivity index (χ1v) is 12.5. The molecular formula is C24H31N3O3S. The zero-order chi connectivity index (χ0) is 22.0. The molecule has 0 radical (unpaired) electrons. The maximum atomic E-state index is 13.1. The van der Waals surface area contributed by atoms with E-state index in [2.05, 4.69) is 5.32 Å². The largest absolute Gasteiger partial charge is 0.324 e. The number of hydrogen-bond donors (Lipinski definition) is 1. The van der Waals surface area contributed by atoms with Crippen molar-refractivity contribution in [3.05, 3.63) is 58.7 Å². The van der Waals surface area contributed by atoms with Crippen LogP contribution in [-0.4, -0.2) is 56.3 Å². The van der Waals surface area contributed by atoms with Gasteiger partial charge in [-0.15, -0.1) is 0 Å². The maximum absolute atomic E-state index is 13.1. The van der Waals surface area contributed by atoms with Crippen molar-refractivity contribution in [1.82, 2.24) is 9.21 Å². The Kier molecular flexibility index (Phi) is 6.46. The van der Waals surface area contributed by atoms with Crippen molar-refractivity contribution in [2.24, 2.45) is 0 Å². The maximum Gasteiger partial charge on any atom is 0.243 e. The molecule has 0 atom stereocenters. The highest BCUT2D eigenvalue weighted by atomic mass is 32.2. The molecule has 4 rings (SSSR count). The molecule has 0 aromatic heterocycles. The first-order chi connectivity index (χ1) is 14.8. The minimum absolute atomic E-state index is 0.0663. The molecule has 1 saturated heterocycles. The van der Waals surface area contributed by atoms with Crippen molar-refractivity contribution in [3.63, 3.8) is 0 Å². The summed E-state index contributed by atoms with van der Waals surface area (Å²) in [5.74, 6) is -0.0663. The second-order valence-electron chi connectivity index (χ2n) is 8.63. The van der Waals surface area contributed by atoms with Crippen molar-refractivity contribution >= 4 is 21.6 Å². The monoisotopic (exact) mass is 441 g/mol. The zero-order valence-electron chi connectivity index (χ0n) is 18.4. The van der Waals surface area contributed by atoms with E-state index in [-0.39, 0.29) is 12.5 Å². The summed E-state index contributed by atoms with van der Waals surface area (Å²) in [6.45, 7) is 6.11. The molecular weight excluding hydrogens is 410 g/mol. The van der Waals surface area contributed by atoms with Crippen molar-refractivity contribution < 1.29 is 13.2 Å². The van der Waals surface area contributed by atoms with Crippen molar-refractivity contribution in [1.29, 1.82) is 0 Å². The number of rotatable bonds is 5. The summed E-state index contributed by atoms with van der Waals surface area (Å²) < 4.78 is 27.8. The van der Waals surface area contributed by atoms with Gasteiger partial charge >= 0.3 is 0 Å². The van der Waals surface area contributed by atoms with Crippen molar-refractivity contribution in [2.45, 2.75) is 44.4 Å². The van der Waals surface area contributed by atoms with Crippen molar-refractivity contribution in [3.8, 4) is 0 Å². The minimum Gasteiger partial charge on any atom is -0.324 e. The summed E-state index contributed by atoms with van der Waals surface area (Å²) in [4.78, 5) is 15.0. The Balaban J connectivity index is 1.35. The third kappa shape index (κ3) is 4.84. The number of carbonyl (C=O) groups is 1. The van der Waals surface area contributed by atoms with Gasteiger partial charge < -0.3 is 5.32 Å². The number of hydrogen-bond acceptors (Lipinski definition) is 4. The Morgan fingerprint density at radius 3 is 2.26 bits per heavy atom. The van der Waals surface area contributed by atoms with Crippen molar-refractivity contribution in [2.75, 3.05) is 38.0 Å². The van der Waals surface area contributed by atoms with Gasteiger partial charge in [0.2, 0.25) is 15.9 Å². The fourth-order valence-corrected chi connectivity index (χ4v) is 6.01. The molecule has 2 aromatic rings. The van der Waals surface area contributed by atoms with Crippen LogP contribution >= 0.6 is 0 Å². The van der Waals surface area contributed by atoms with E-state index in [4.69, 9.17) is 0 Å². The van der Waals surface area contributed by atoms with E-state index >= 15 is 0 Å². The third-order valence-electron chi connectivity index (χ3n) is 6.40. The fourth-order valence-electron chi connectivity index (χ4n) is 4.54.